The van der Waals surface area contributed by atoms with Crippen LogP contribution in [-0.2, 0) is 5.60 Å². The summed E-state index contributed by atoms with van der Waals surface area (Å²) in [7, 11) is 0. The van der Waals surface area contributed by atoms with Crippen molar-refractivity contribution in [1.29, 1.82) is 0 Å². The molecule has 0 saturated heterocycles. The molecule has 1 fully saturated rings. The van der Waals surface area contributed by atoms with Gasteiger partial charge in [-0.3, -0.25) is 0 Å². The molecule has 16 heavy (non-hydrogen) atoms. The third-order valence-electron chi connectivity index (χ3n) is 3.57. The summed E-state index contributed by atoms with van der Waals surface area (Å²) >= 11 is 1.45. The van der Waals surface area contributed by atoms with Crippen molar-refractivity contribution in [3.05, 3.63) is 16.6 Å². The maximum atomic E-state index is 9.91. The summed E-state index contributed by atoms with van der Waals surface area (Å²) in [6, 6.07) is 2.10. The maximum absolute atomic E-state index is 9.91. The van der Waals surface area contributed by atoms with Crippen molar-refractivity contribution in [3.8, 4) is 0 Å². The van der Waals surface area contributed by atoms with Gasteiger partial charge in [-0.2, -0.15) is 4.37 Å². The van der Waals surface area contributed by atoms with Crippen LogP contribution in [0, 0.1) is 5.92 Å². The SMILES string of the molecule is CC(C)(O)c1cc([C@H]2CC[C@H](C)CC2)ns1. The molecular formula is C13H21NOS. The van der Waals surface area contributed by atoms with Crippen molar-refractivity contribution in [3.63, 3.8) is 0 Å². The fourth-order valence-electron chi connectivity index (χ4n) is 2.33. The fraction of sp³-hybridized carbons (Fsp3) is 0.769. The van der Waals surface area contributed by atoms with E-state index in [1.165, 1.54) is 42.9 Å². The first-order chi connectivity index (χ1) is 7.47. The quantitative estimate of drug-likeness (QED) is 0.854. The molecule has 1 heterocycles. The Hall–Kier alpha value is -0.410. The lowest BCUT2D eigenvalue weighted by Crippen LogP contribution is -2.13. The van der Waals surface area contributed by atoms with Gasteiger partial charge in [-0.05, 0) is 50.2 Å². The predicted molar refractivity (Wildman–Crippen MR) is 67.7 cm³/mol. The molecule has 2 rings (SSSR count). The highest BCUT2D eigenvalue weighted by Crippen LogP contribution is 2.37. The standard InChI is InChI=1S/C13H21NOS/c1-9-4-6-10(7-5-9)11-8-12(16-14-11)13(2,3)15/h8-10,15H,4-7H2,1-3H3/t9-,10-. The minimum absolute atomic E-state index is 0.628. The van der Waals surface area contributed by atoms with Crippen LogP contribution in [0.4, 0.5) is 0 Å². The molecule has 1 N–H and O–H groups in total. The van der Waals surface area contributed by atoms with Crippen LogP contribution < -0.4 is 0 Å². The number of hydrogen-bond donors (Lipinski definition) is 1. The van der Waals surface area contributed by atoms with Gasteiger partial charge in [-0.15, -0.1) is 0 Å². The highest BCUT2D eigenvalue weighted by Gasteiger charge is 2.25. The average Bonchev–Trinajstić information content (AvgIpc) is 2.67. The van der Waals surface area contributed by atoms with Crippen molar-refractivity contribution < 1.29 is 5.11 Å². The molecule has 0 atom stereocenters. The average molecular weight is 239 g/mol. The number of nitrogens with zero attached hydrogens (tertiary/aromatic N) is 1. The van der Waals surface area contributed by atoms with Crippen molar-refractivity contribution in [2.75, 3.05) is 0 Å². The van der Waals surface area contributed by atoms with Crippen LogP contribution in [0.25, 0.3) is 0 Å². The van der Waals surface area contributed by atoms with Crippen molar-refractivity contribution in [1.82, 2.24) is 4.37 Å². The molecule has 2 nitrogen and oxygen atoms in total. The molecular weight excluding hydrogens is 218 g/mol. The molecule has 0 aromatic carbocycles. The zero-order valence-electron chi connectivity index (χ0n) is 10.4. The van der Waals surface area contributed by atoms with Gasteiger partial charge in [0.1, 0.15) is 0 Å². The van der Waals surface area contributed by atoms with Gasteiger partial charge in [0, 0.05) is 5.92 Å². The highest BCUT2D eigenvalue weighted by atomic mass is 32.1. The highest BCUT2D eigenvalue weighted by molar-refractivity contribution is 7.06. The minimum Gasteiger partial charge on any atom is -0.385 e. The van der Waals surface area contributed by atoms with Crippen LogP contribution in [-0.4, -0.2) is 9.48 Å². The number of aromatic nitrogens is 1. The van der Waals surface area contributed by atoms with E-state index < -0.39 is 5.60 Å². The molecule has 0 radical (unpaired) electrons. The molecule has 0 aliphatic heterocycles. The summed E-state index contributed by atoms with van der Waals surface area (Å²) in [4.78, 5) is 0.987. The second kappa shape index (κ2) is 4.46. The summed E-state index contributed by atoms with van der Waals surface area (Å²) in [5.74, 6) is 1.51. The zero-order valence-corrected chi connectivity index (χ0v) is 11.2. The fourth-order valence-corrected chi connectivity index (χ4v) is 3.13. The van der Waals surface area contributed by atoms with E-state index in [9.17, 15) is 5.11 Å². The number of rotatable bonds is 2. The lowest BCUT2D eigenvalue weighted by Gasteiger charge is -2.24. The summed E-state index contributed by atoms with van der Waals surface area (Å²) in [5, 5.41) is 9.91. The summed E-state index contributed by atoms with van der Waals surface area (Å²) < 4.78 is 4.51. The van der Waals surface area contributed by atoms with Crippen LogP contribution in [0.1, 0.15) is 62.9 Å². The van der Waals surface area contributed by atoms with E-state index in [4.69, 9.17) is 0 Å². The van der Waals surface area contributed by atoms with Gasteiger partial charge >= 0.3 is 0 Å². The van der Waals surface area contributed by atoms with E-state index in [1.807, 2.05) is 13.8 Å². The molecule has 3 heteroatoms. The lowest BCUT2D eigenvalue weighted by molar-refractivity contribution is 0.0824. The van der Waals surface area contributed by atoms with Gasteiger partial charge in [-0.1, -0.05) is 19.8 Å². The third kappa shape index (κ3) is 2.64. The van der Waals surface area contributed by atoms with Gasteiger partial charge in [0.25, 0.3) is 0 Å². The molecule has 0 spiro atoms. The smallest absolute Gasteiger partial charge is 0.0948 e. The summed E-state index contributed by atoms with van der Waals surface area (Å²) in [5.41, 5.74) is 0.465. The Balaban J connectivity index is 2.08. The molecule has 90 valence electrons. The van der Waals surface area contributed by atoms with E-state index in [0.29, 0.717) is 5.92 Å². The van der Waals surface area contributed by atoms with Crippen molar-refractivity contribution in [2.45, 2.75) is 58.0 Å². The van der Waals surface area contributed by atoms with E-state index in [-0.39, 0.29) is 0 Å². The first kappa shape index (κ1) is 12.1. The first-order valence-electron chi connectivity index (χ1n) is 6.16. The van der Waals surface area contributed by atoms with E-state index in [2.05, 4.69) is 17.4 Å². The van der Waals surface area contributed by atoms with Gasteiger partial charge < -0.3 is 5.11 Å². The zero-order chi connectivity index (χ0) is 11.8. The van der Waals surface area contributed by atoms with Crippen LogP contribution in [0.3, 0.4) is 0 Å². The lowest BCUT2D eigenvalue weighted by atomic mass is 9.81. The van der Waals surface area contributed by atoms with E-state index in [0.717, 1.165) is 10.8 Å². The van der Waals surface area contributed by atoms with Crippen LogP contribution in [0.15, 0.2) is 6.07 Å². The van der Waals surface area contributed by atoms with E-state index >= 15 is 0 Å². The molecule has 0 bridgehead atoms. The van der Waals surface area contributed by atoms with Crippen molar-refractivity contribution in [2.24, 2.45) is 5.92 Å². The number of aliphatic hydroxyl groups is 1. The second-order valence-electron chi connectivity index (χ2n) is 5.63. The summed E-state index contributed by atoms with van der Waals surface area (Å²) in [6.45, 7) is 5.99. The molecule has 1 aliphatic carbocycles. The van der Waals surface area contributed by atoms with E-state index in [1.54, 1.807) is 0 Å². The Morgan fingerprint density at radius 3 is 2.44 bits per heavy atom. The molecule has 1 saturated carbocycles. The Kier molecular flexibility index (Phi) is 3.36. The summed E-state index contributed by atoms with van der Waals surface area (Å²) in [6.07, 6.45) is 5.16. The van der Waals surface area contributed by atoms with Crippen LogP contribution in [0.2, 0.25) is 0 Å². The monoisotopic (exact) mass is 239 g/mol. The second-order valence-corrected chi connectivity index (χ2v) is 6.44. The Bertz CT molecular complexity index is 345. The molecule has 0 amide bonds. The van der Waals surface area contributed by atoms with Crippen LogP contribution in [0.5, 0.6) is 0 Å². The minimum atomic E-state index is -0.738. The molecule has 0 unspecified atom stereocenters. The molecule has 1 aliphatic rings. The molecule has 1 aromatic rings. The molecule has 1 aromatic heterocycles. The first-order valence-corrected chi connectivity index (χ1v) is 6.93. The van der Waals surface area contributed by atoms with Gasteiger partial charge in [-0.25, -0.2) is 0 Å². The van der Waals surface area contributed by atoms with Crippen molar-refractivity contribution >= 4 is 11.5 Å². The van der Waals surface area contributed by atoms with Gasteiger partial charge in [0.2, 0.25) is 0 Å². The Morgan fingerprint density at radius 1 is 1.31 bits per heavy atom. The third-order valence-corrected chi connectivity index (χ3v) is 4.68. The predicted octanol–water partition coefficient (Wildman–Crippen LogP) is 3.66. The Labute approximate surface area is 102 Å². The van der Waals surface area contributed by atoms with Gasteiger partial charge in [0.15, 0.2) is 0 Å². The number of hydrogen-bond acceptors (Lipinski definition) is 3. The Morgan fingerprint density at radius 2 is 1.94 bits per heavy atom. The van der Waals surface area contributed by atoms with Gasteiger partial charge in [0.05, 0.1) is 16.2 Å². The van der Waals surface area contributed by atoms with Crippen LogP contribution >= 0.6 is 11.5 Å². The largest absolute Gasteiger partial charge is 0.385 e. The maximum Gasteiger partial charge on any atom is 0.0948 e. The topological polar surface area (TPSA) is 33.1 Å². The normalized spacial score (nSPS) is 27.0.